The number of nitrogens with one attached hydrogen (secondary N) is 3. The summed E-state index contributed by atoms with van der Waals surface area (Å²) >= 11 is 15.2. The van der Waals surface area contributed by atoms with Crippen LogP contribution in [0.1, 0.15) is 331 Å². The van der Waals surface area contributed by atoms with Crippen LogP contribution in [0.15, 0.2) is 152 Å². The highest BCUT2D eigenvalue weighted by molar-refractivity contribution is 6.62. The first-order valence-electron chi connectivity index (χ1n) is 55.8. The predicted molar refractivity (Wildman–Crippen MR) is 596 cm³/mol. The molecule has 0 spiro atoms. The van der Waals surface area contributed by atoms with Gasteiger partial charge in [-0.1, -0.05) is 275 Å². The molecular weight excluding hydrogens is 1910 g/mol. The molecule has 5 aromatic rings. The largest absolute Gasteiger partial charge is 0.444 e. The number of urea groups is 2. The van der Waals surface area contributed by atoms with Gasteiger partial charge in [-0.25, -0.2) is 14.4 Å². The van der Waals surface area contributed by atoms with Gasteiger partial charge in [0.15, 0.2) is 0 Å². The monoisotopic (exact) mass is 2100 g/mol. The molecule has 8 fully saturated rings. The Balaban J connectivity index is 0.000000270. The number of likely N-dealkylation sites (tertiary alicyclic amines) is 4. The van der Waals surface area contributed by atoms with E-state index in [4.69, 9.17) is 93.6 Å². The standard InChI is InChI=1S/C27H44N2O2.C26H43N3O3.C21H33NO4.C17H24ClNO3.C16H25NO2.C10H21N.CH2Cl2.ClH/c1-3-5-19-31-26(23-15-10-7-11-16-23)24-17-12-18-29(21-24)27(30)28-25(4-2)20-22-13-8-6-9-14-22;1-31-16-9-17-32-25(22-12-6-3-7-13-22)23-14-8-15-29(20-23)26(30)28-24(19-27)18-21-10-4-2-5-11-21;1-21(2,3)26-20(23)22-13-8-12-18(16-22)19(25-15-9-14-24-4)17-10-6-5-7-11-17;1-21-11-6-12-22-16(14-7-3-2-4-8-14)15-9-5-10-19(13-15)17(18)20;1-18-11-6-12-19-16(14-7-3-2-4-8-14)15-9-5-10-17-13-15;1-2-10(11)8-9-6-4-3-5-7-9;2-1-3;/h7,10-11,15-16,22,24-26H,3-6,8-9,12-14,17-21H2,1-2H3,(H,28,30);3,6-7,12-13,21,23-25H,2,4-5,8-11,14-20,27H2,1H3,(H,28,30);5-7,10-11,18-19H,8-9,12-16H2,1-4H3;2-4,7-8,15-16H,5-6,9-13H2,1H3;2-4,7-8,15-17H,5-6,9-13H2,1H3;9-10H,2-8,11H2,1H3;1H2;1H/t24-,25-,26+;23-,24+,25+;18-,19+;2*15-,16+;;;/m11111.../s1. The highest BCUT2D eigenvalue weighted by atomic mass is 35.5. The number of ether oxygens (including phenoxy) is 10. The lowest BCUT2D eigenvalue weighted by Crippen LogP contribution is -2.51. The van der Waals surface area contributed by atoms with Crippen LogP contribution in [0.3, 0.4) is 0 Å². The van der Waals surface area contributed by atoms with E-state index in [1.807, 2.05) is 73.0 Å². The van der Waals surface area contributed by atoms with Gasteiger partial charge in [-0.3, -0.25) is 4.79 Å². The summed E-state index contributed by atoms with van der Waals surface area (Å²) in [5, 5.41) is 9.94. The van der Waals surface area contributed by atoms with E-state index in [2.05, 4.69) is 151 Å². The molecule has 1 unspecified atom stereocenters. The third-order valence-electron chi connectivity index (χ3n) is 29.4. The molecule has 0 aromatic heterocycles. The number of halogens is 4. The molecule has 0 radical (unpaired) electrons. The smallest absolute Gasteiger partial charge is 0.410 e. The van der Waals surface area contributed by atoms with Gasteiger partial charge in [-0.15, -0.1) is 35.6 Å². The highest BCUT2D eigenvalue weighted by Crippen LogP contribution is 2.41. The second-order valence-electron chi connectivity index (χ2n) is 41.9. The average molecular weight is 2100 g/mol. The number of methoxy groups -OCH3 is 4. The number of amides is 6. The molecule has 13 rings (SSSR count). The summed E-state index contributed by atoms with van der Waals surface area (Å²) in [5.41, 5.74) is 17.5. The van der Waals surface area contributed by atoms with E-state index in [0.29, 0.717) is 89.1 Å². The summed E-state index contributed by atoms with van der Waals surface area (Å²) < 4.78 is 57.3. The van der Waals surface area contributed by atoms with Crippen molar-refractivity contribution in [3.05, 3.63) is 179 Å². The van der Waals surface area contributed by atoms with E-state index in [1.165, 1.54) is 138 Å². The van der Waals surface area contributed by atoms with Gasteiger partial charge >= 0.3 is 23.5 Å². The Morgan fingerprint density at radius 2 is 0.683 bits per heavy atom. The lowest BCUT2D eigenvalue weighted by Gasteiger charge is -2.38. The van der Waals surface area contributed by atoms with Crippen LogP contribution in [0.2, 0.25) is 0 Å². The van der Waals surface area contributed by atoms with E-state index in [1.54, 1.807) is 33.3 Å². The Morgan fingerprint density at radius 1 is 0.386 bits per heavy atom. The molecule has 13 atom stereocenters. The van der Waals surface area contributed by atoms with Crippen LogP contribution in [-0.4, -0.2) is 232 Å². The van der Waals surface area contributed by atoms with Crippen molar-refractivity contribution in [2.24, 2.45) is 58.8 Å². The van der Waals surface area contributed by atoms with Crippen LogP contribution in [0.5, 0.6) is 0 Å². The number of nitrogens with zero attached hydrogens (tertiary/aromatic N) is 4. The second kappa shape index (κ2) is 78.2. The van der Waals surface area contributed by atoms with Crippen LogP contribution in [-0.2, 0) is 47.4 Å². The van der Waals surface area contributed by atoms with Gasteiger partial charge in [0.25, 0.3) is 0 Å². The second-order valence-corrected chi connectivity index (χ2v) is 43.0. The maximum Gasteiger partial charge on any atom is 0.410 e. The Bertz CT molecular complexity index is 4000. The molecule has 3 saturated carbocycles. The first-order chi connectivity index (χ1) is 70.2. The maximum absolute atomic E-state index is 13.1. The van der Waals surface area contributed by atoms with Gasteiger partial charge in [0.1, 0.15) is 5.60 Å². The molecule has 5 aliphatic heterocycles. The Kier molecular flexibility index (Phi) is 68.9. The molecule has 23 nitrogen and oxygen atoms in total. The highest BCUT2D eigenvalue weighted by Gasteiger charge is 2.38. The first kappa shape index (κ1) is 128. The molecule has 5 aromatic carbocycles. The fraction of sp³-hybridized carbons (Fsp3) is 0.712. The van der Waals surface area contributed by atoms with Crippen LogP contribution >= 0.6 is 47.2 Å². The number of carbonyl (C=O) groups excluding carboxylic acids is 4. The number of nitrogens with two attached hydrogens (primary N) is 2. The van der Waals surface area contributed by atoms with E-state index in [9.17, 15) is 19.2 Å². The van der Waals surface area contributed by atoms with Gasteiger partial charge in [0.05, 0.1) is 35.9 Å². The average Bonchev–Trinajstić information content (AvgIpc) is 0.835. The summed E-state index contributed by atoms with van der Waals surface area (Å²) in [7, 11) is 6.85. The first-order valence-corrected chi connectivity index (χ1v) is 57.2. The van der Waals surface area contributed by atoms with Gasteiger partial charge < -0.3 is 94.4 Å². The van der Waals surface area contributed by atoms with Crippen molar-refractivity contribution >= 4 is 70.7 Å². The summed E-state index contributed by atoms with van der Waals surface area (Å²) in [6, 6.07) is 53.1. The van der Waals surface area contributed by atoms with Crippen molar-refractivity contribution in [3.63, 3.8) is 0 Å². The van der Waals surface area contributed by atoms with Crippen molar-refractivity contribution in [2.45, 2.75) is 327 Å². The minimum Gasteiger partial charge on any atom is -0.444 e. The van der Waals surface area contributed by atoms with Gasteiger partial charge in [-0.2, -0.15) is 0 Å². The van der Waals surface area contributed by atoms with E-state index in [0.717, 1.165) is 205 Å². The fourth-order valence-electron chi connectivity index (χ4n) is 21.7. The van der Waals surface area contributed by atoms with Crippen molar-refractivity contribution < 1.29 is 66.5 Å². The molecule has 7 N–H and O–H groups in total. The van der Waals surface area contributed by atoms with Crippen LogP contribution in [0.4, 0.5) is 19.2 Å². The number of hydrogen-bond acceptors (Lipinski definition) is 17. The summed E-state index contributed by atoms with van der Waals surface area (Å²) in [6.45, 7) is 27.4. The molecule has 27 heteroatoms. The Hall–Kier alpha value is -5.94. The molecule has 6 amide bonds. The number of unbranched alkanes of at least 4 members (excludes halogenated alkanes) is 1. The Labute approximate surface area is 897 Å². The van der Waals surface area contributed by atoms with Crippen LogP contribution in [0.25, 0.3) is 0 Å². The summed E-state index contributed by atoms with van der Waals surface area (Å²) in [4.78, 5) is 57.7. The lowest BCUT2D eigenvalue weighted by molar-refractivity contribution is -0.0296. The number of rotatable bonds is 45. The predicted octanol–water partition coefficient (Wildman–Crippen LogP) is 26.8. The molecule has 3 aliphatic carbocycles. The van der Waals surface area contributed by atoms with Gasteiger partial charge in [0.2, 0.25) is 0 Å². The zero-order valence-corrected chi connectivity index (χ0v) is 93.8. The third kappa shape index (κ3) is 51.8. The molecule has 5 saturated heterocycles. The summed E-state index contributed by atoms with van der Waals surface area (Å²) in [5.74, 6) is 4.23. The topological polar surface area (TPSA) is 262 Å². The zero-order valence-electron chi connectivity index (χ0n) is 90.7. The van der Waals surface area contributed by atoms with E-state index in [-0.39, 0.29) is 95.6 Å². The number of alkyl halides is 2. The number of hydrogen-bond donors (Lipinski definition) is 5. The number of piperidine rings is 5. The molecule has 145 heavy (non-hydrogen) atoms. The molecular formula is C118H193Cl4N9O14. The minimum atomic E-state index is -0.473. The van der Waals surface area contributed by atoms with Crippen LogP contribution < -0.4 is 27.4 Å². The number of benzene rings is 5. The fourth-order valence-corrected chi connectivity index (χ4v) is 21.8. The third-order valence-corrected chi connectivity index (χ3v) is 29.6. The van der Waals surface area contributed by atoms with Crippen molar-refractivity contribution in [3.8, 4) is 0 Å². The SMILES string of the molecule is CCC(N)CC1CCCCC1.CCCCO[C@@H](c1ccccc1)[C@@H]1CCCN(C(=O)N[C@H](CC)CC2CCCCC2)C1.COCCCO[C@@H](c1ccccc1)[C@@H]1CCCN(C(=O)Cl)C1.COCCCO[C@@H](c1ccccc1)[C@@H]1CCCN(C(=O)N[C@H](CN)CC2CCCCC2)C1.COCCCO[C@@H](c1ccccc1)[C@@H]1CCCN(C(=O)OC(C)(C)C)C1.COCCCO[C@@H](c1ccccc1)[C@@H]1CCCNC1.Cl.ClCCl. The molecule has 8 aliphatic rings. The van der Waals surface area contributed by atoms with E-state index < -0.39 is 5.60 Å². The van der Waals surface area contributed by atoms with Gasteiger partial charge in [0, 0.05) is 201 Å². The molecule has 5 heterocycles. The molecule has 0 bridgehead atoms. The molecule has 822 valence electrons. The number of carbonyl (C=O) groups is 4. The quantitative estimate of drug-likeness (QED) is 0.0105. The van der Waals surface area contributed by atoms with Crippen molar-refractivity contribution in [2.75, 3.05) is 165 Å². The van der Waals surface area contributed by atoms with Crippen LogP contribution in [0, 0.1) is 47.3 Å². The lowest BCUT2D eigenvalue weighted by atomic mass is 9.84. The van der Waals surface area contributed by atoms with Crippen molar-refractivity contribution in [1.29, 1.82) is 0 Å². The maximum atomic E-state index is 13.1. The normalized spacial score (nSPS) is 20.7. The summed E-state index contributed by atoms with van der Waals surface area (Å²) in [6.07, 6.45) is 42.7. The minimum absolute atomic E-state index is 0. The van der Waals surface area contributed by atoms with Gasteiger partial charge in [-0.05, 0) is 213 Å². The zero-order chi connectivity index (χ0) is 103. The Morgan fingerprint density at radius 3 is 0.986 bits per heavy atom. The van der Waals surface area contributed by atoms with E-state index >= 15 is 0 Å². The van der Waals surface area contributed by atoms with Crippen molar-refractivity contribution in [1.82, 2.24) is 35.6 Å².